The van der Waals surface area contributed by atoms with E-state index in [-0.39, 0.29) is 11.7 Å². The number of alkyl halides is 3. The molecule has 1 aromatic carbocycles. The zero-order valence-corrected chi connectivity index (χ0v) is 11.9. The molecule has 0 spiro atoms. The Morgan fingerprint density at radius 3 is 2.55 bits per heavy atom. The van der Waals surface area contributed by atoms with Crippen molar-refractivity contribution in [3.05, 3.63) is 46.4 Å². The van der Waals surface area contributed by atoms with E-state index in [9.17, 15) is 13.2 Å². The van der Waals surface area contributed by atoms with Crippen molar-refractivity contribution in [1.29, 1.82) is 0 Å². The third-order valence-corrected chi connectivity index (χ3v) is 2.90. The largest absolute Gasteiger partial charge is 0.439 e. The lowest BCUT2D eigenvalue weighted by atomic mass is 10.2. The second-order valence-electron chi connectivity index (χ2n) is 3.89. The SMILES string of the molecule is CNc1cc(C(F)(F)F)cc(Oc2cccc(Br)c2)n1. The lowest BCUT2D eigenvalue weighted by molar-refractivity contribution is -0.137. The fourth-order valence-corrected chi connectivity index (χ4v) is 1.88. The number of pyridine rings is 1. The van der Waals surface area contributed by atoms with E-state index >= 15 is 0 Å². The van der Waals surface area contributed by atoms with Gasteiger partial charge < -0.3 is 10.1 Å². The maximum Gasteiger partial charge on any atom is 0.416 e. The van der Waals surface area contributed by atoms with Crippen LogP contribution in [0.25, 0.3) is 0 Å². The Labute approximate surface area is 121 Å². The van der Waals surface area contributed by atoms with Crippen molar-refractivity contribution in [3.8, 4) is 11.6 Å². The molecule has 0 unspecified atom stereocenters. The number of aromatic nitrogens is 1. The number of anilines is 1. The molecule has 0 radical (unpaired) electrons. The summed E-state index contributed by atoms with van der Waals surface area (Å²) in [6.07, 6.45) is -4.45. The molecule has 0 aliphatic carbocycles. The number of hydrogen-bond donors (Lipinski definition) is 1. The molecule has 7 heteroatoms. The van der Waals surface area contributed by atoms with Crippen LogP contribution in [0.2, 0.25) is 0 Å². The third-order valence-electron chi connectivity index (χ3n) is 2.40. The highest BCUT2D eigenvalue weighted by atomic mass is 79.9. The van der Waals surface area contributed by atoms with E-state index in [1.54, 1.807) is 24.3 Å². The first-order valence-corrected chi connectivity index (χ1v) is 6.38. The first-order valence-electron chi connectivity index (χ1n) is 5.59. The molecule has 2 rings (SSSR count). The number of nitrogens with one attached hydrogen (secondary N) is 1. The molecule has 20 heavy (non-hydrogen) atoms. The Morgan fingerprint density at radius 1 is 1.20 bits per heavy atom. The number of ether oxygens (including phenoxy) is 1. The number of rotatable bonds is 3. The summed E-state index contributed by atoms with van der Waals surface area (Å²) >= 11 is 3.26. The Hall–Kier alpha value is -1.76. The van der Waals surface area contributed by atoms with Gasteiger partial charge in [-0.15, -0.1) is 0 Å². The van der Waals surface area contributed by atoms with Crippen molar-refractivity contribution in [2.24, 2.45) is 0 Å². The van der Waals surface area contributed by atoms with E-state index in [0.29, 0.717) is 5.75 Å². The standard InChI is InChI=1S/C13H10BrF3N2O/c1-18-11-5-8(13(15,16)17)6-12(19-11)20-10-4-2-3-9(14)7-10/h2-7H,1H3,(H,18,19). The molecule has 2 aromatic rings. The van der Waals surface area contributed by atoms with Crippen molar-refractivity contribution in [2.45, 2.75) is 6.18 Å². The Kier molecular flexibility index (Phi) is 4.17. The number of nitrogens with zero attached hydrogens (tertiary/aromatic N) is 1. The second kappa shape index (κ2) is 5.70. The fraction of sp³-hybridized carbons (Fsp3) is 0.154. The molecule has 1 aromatic heterocycles. The highest BCUT2D eigenvalue weighted by Crippen LogP contribution is 2.34. The minimum Gasteiger partial charge on any atom is -0.439 e. The van der Waals surface area contributed by atoms with E-state index in [1.165, 1.54) is 7.05 Å². The fourth-order valence-electron chi connectivity index (χ4n) is 1.50. The minimum atomic E-state index is -4.45. The van der Waals surface area contributed by atoms with Gasteiger partial charge in [-0.05, 0) is 24.3 Å². The highest BCUT2D eigenvalue weighted by Gasteiger charge is 2.32. The summed E-state index contributed by atoms with van der Waals surface area (Å²) in [6.45, 7) is 0. The molecule has 0 fully saturated rings. The summed E-state index contributed by atoms with van der Waals surface area (Å²) in [5, 5.41) is 2.58. The van der Waals surface area contributed by atoms with Gasteiger partial charge in [0.25, 0.3) is 0 Å². The summed E-state index contributed by atoms with van der Waals surface area (Å²) in [4.78, 5) is 3.94. The summed E-state index contributed by atoms with van der Waals surface area (Å²) in [7, 11) is 1.49. The summed E-state index contributed by atoms with van der Waals surface area (Å²) in [5.41, 5.74) is -0.818. The van der Waals surface area contributed by atoms with Crippen LogP contribution in [0, 0.1) is 0 Å². The number of halogens is 4. The molecule has 106 valence electrons. The Morgan fingerprint density at radius 2 is 1.95 bits per heavy atom. The van der Waals surface area contributed by atoms with Crippen LogP contribution < -0.4 is 10.1 Å². The second-order valence-corrected chi connectivity index (χ2v) is 4.80. The highest BCUT2D eigenvalue weighted by molar-refractivity contribution is 9.10. The molecular formula is C13H10BrF3N2O. The first kappa shape index (κ1) is 14.6. The zero-order valence-electron chi connectivity index (χ0n) is 10.3. The van der Waals surface area contributed by atoms with Crippen molar-refractivity contribution < 1.29 is 17.9 Å². The van der Waals surface area contributed by atoms with Crippen LogP contribution >= 0.6 is 15.9 Å². The maximum atomic E-state index is 12.8. The van der Waals surface area contributed by atoms with Crippen molar-refractivity contribution in [3.63, 3.8) is 0 Å². The van der Waals surface area contributed by atoms with Gasteiger partial charge in [0, 0.05) is 17.6 Å². The zero-order chi connectivity index (χ0) is 14.8. The number of hydrogen-bond acceptors (Lipinski definition) is 3. The van der Waals surface area contributed by atoms with Gasteiger partial charge in [-0.3, -0.25) is 0 Å². The smallest absolute Gasteiger partial charge is 0.416 e. The molecule has 3 nitrogen and oxygen atoms in total. The van der Waals surface area contributed by atoms with E-state index in [4.69, 9.17) is 4.74 Å². The summed E-state index contributed by atoms with van der Waals surface area (Å²) in [6, 6.07) is 8.56. The lowest BCUT2D eigenvalue weighted by Crippen LogP contribution is -2.07. The van der Waals surface area contributed by atoms with E-state index in [2.05, 4.69) is 26.2 Å². The maximum absolute atomic E-state index is 12.8. The van der Waals surface area contributed by atoms with Crippen LogP contribution in [-0.4, -0.2) is 12.0 Å². The molecule has 0 bridgehead atoms. The van der Waals surface area contributed by atoms with Crippen molar-refractivity contribution in [1.82, 2.24) is 4.98 Å². The monoisotopic (exact) mass is 346 g/mol. The van der Waals surface area contributed by atoms with Crippen LogP contribution in [0.3, 0.4) is 0 Å². The lowest BCUT2D eigenvalue weighted by Gasteiger charge is -2.12. The predicted molar refractivity (Wildman–Crippen MR) is 73.0 cm³/mol. The van der Waals surface area contributed by atoms with Crippen LogP contribution in [0.1, 0.15) is 5.56 Å². The molecule has 1 heterocycles. The first-order chi connectivity index (χ1) is 9.38. The van der Waals surface area contributed by atoms with Gasteiger partial charge in [-0.25, -0.2) is 0 Å². The Balaban J connectivity index is 2.36. The molecule has 0 saturated carbocycles. The van der Waals surface area contributed by atoms with Gasteiger partial charge in [0.15, 0.2) is 0 Å². The molecule has 0 atom stereocenters. The molecule has 0 aliphatic heterocycles. The molecule has 0 aliphatic rings. The normalized spacial score (nSPS) is 11.2. The van der Waals surface area contributed by atoms with Crippen molar-refractivity contribution >= 4 is 21.7 Å². The molecule has 0 saturated heterocycles. The van der Waals surface area contributed by atoms with Gasteiger partial charge in [0.1, 0.15) is 11.6 Å². The number of benzene rings is 1. The van der Waals surface area contributed by atoms with Crippen LogP contribution in [0.5, 0.6) is 11.6 Å². The van der Waals surface area contributed by atoms with Crippen molar-refractivity contribution in [2.75, 3.05) is 12.4 Å². The average molecular weight is 347 g/mol. The van der Waals surface area contributed by atoms with Gasteiger partial charge >= 0.3 is 6.18 Å². The van der Waals surface area contributed by atoms with Gasteiger partial charge in [0.2, 0.25) is 5.88 Å². The molecular weight excluding hydrogens is 337 g/mol. The van der Waals surface area contributed by atoms with Gasteiger partial charge in [-0.2, -0.15) is 18.2 Å². The third kappa shape index (κ3) is 3.63. The van der Waals surface area contributed by atoms with Crippen LogP contribution in [-0.2, 0) is 6.18 Å². The van der Waals surface area contributed by atoms with Crippen LogP contribution in [0.4, 0.5) is 19.0 Å². The Bertz CT molecular complexity index is 617. The summed E-state index contributed by atoms with van der Waals surface area (Å²) < 4.78 is 44.4. The quantitative estimate of drug-likeness (QED) is 0.874. The van der Waals surface area contributed by atoms with Gasteiger partial charge in [-0.1, -0.05) is 22.0 Å². The summed E-state index contributed by atoms with van der Waals surface area (Å²) in [5.74, 6) is 0.361. The van der Waals surface area contributed by atoms with Crippen LogP contribution in [0.15, 0.2) is 40.9 Å². The predicted octanol–water partition coefficient (Wildman–Crippen LogP) is 4.70. The van der Waals surface area contributed by atoms with E-state index in [0.717, 1.165) is 16.6 Å². The topological polar surface area (TPSA) is 34.1 Å². The average Bonchev–Trinajstić information content (AvgIpc) is 2.37. The van der Waals surface area contributed by atoms with E-state index < -0.39 is 11.7 Å². The minimum absolute atomic E-state index is 0.0878. The molecule has 1 N–H and O–H groups in total. The molecule has 0 amide bonds. The van der Waals surface area contributed by atoms with E-state index in [1.807, 2.05) is 0 Å². The van der Waals surface area contributed by atoms with Gasteiger partial charge in [0.05, 0.1) is 5.56 Å².